The van der Waals surface area contributed by atoms with Crippen molar-refractivity contribution in [3.05, 3.63) is 95.1 Å². The molecule has 0 bridgehead atoms. The van der Waals surface area contributed by atoms with E-state index in [4.69, 9.17) is 0 Å². The average Bonchev–Trinajstić information content (AvgIpc) is 3.30. The minimum atomic E-state index is -4.69. The van der Waals surface area contributed by atoms with E-state index >= 15 is 0 Å². The van der Waals surface area contributed by atoms with Crippen LogP contribution in [0, 0.1) is 6.92 Å². The smallest absolute Gasteiger partial charge is 0.350 e. The molecule has 206 valence electrons. The lowest BCUT2D eigenvalue weighted by Gasteiger charge is -2.25. The lowest BCUT2D eigenvalue weighted by Crippen LogP contribution is -2.40. The number of nitrogens with zero attached hydrogens (tertiary/aromatic N) is 2. The first-order chi connectivity index (χ1) is 18.4. The van der Waals surface area contributed by atoms with Gasteiger partial charge in [0.05, 0.1) is 16.1 Å². The van der Waals surface area contributed by atoms with E-state index in [0.29, 0.717) is 23.3 Å². The molecule has 0 aromatic heterocycles. The van der Waals surface area contributed by atoms with Crippen LogP contribution in [0.2, 0.25) is 0 Å². The summed E-state index contributed by atoms with van der Waals surface area (Å²) in [6.07, 6.45) is -3.28. The Balaban J connectivity index is 1.50. The highest BCUT2D eigenvalue weighted by molar-refractivity contribution is 7.92. The van der Waals surface area contributed by atoms with Gasteiger partial charge in [-0.15, -0.1) is 0 Å². The molecule has 1 N–H and O–H groups in total. The summed E-state index contributed by atoms with van der Waals surface area (Å²) < 4.78 is 67.7. The van der Waals surface area contributed by atoms with Crippen LogP contribution in [0.25, 0.3) is 0 Å². The molecule has 0 saturated carbocycles. The molecule has 3 aromatic carbocycles. The summed E-state index contributed by atoms with van der Waals surface area (Å²) in [5.74, 6) is -0.563. The van der Waals surface area contributed by atoms with E-state index in [1.165, 1.54) is 18.2 Å². The van der Waals surface area contributed by atoms with Gasteiger partial charge in [-0.3, -0.25) is 13.9 Å². The van der Waals surface area contributed by atoms with Gasteiger partial charge in [-0.2, -0.15) is 13.2 Å². The van der Waals surface area contributed by atoms with Crippen molar-refractivity contribution in [2.75, 3.05) is 17.4 Å². The van der Waals surface area contributed by atoms with Gasteiger partial charge in [0.25, 0.3) is 10.0 Å². The monoisotopic (exact) mass is 559 g/mol. The number of carbonyl (C=O) groups is 2. The molecule has 39 heavy (non-hydrogen) atoms. The first kappa shape index (κ1) is 28.2. The largest absolute Gasteiger partial charge is 0.416 e. The molecule has 11 heteroatoms. The highest BCUT2D eigenvalue weighted by atomic mass is 32.2. The third-order valence-electron chi connectivity index (χ3n) is 6.42. The molecule has 4 rings (SSSR count). The third-order valence-corrected chi connectivity index (χ3v) is 8.20. The number of halogens is 3. The highest BCUT2D eigenvalue weighted by Crippen LogP contribution is 2.33. The van der Waals surface area contributed by atoms with Gasteiger partial charge >= 0.3 is 6.18 Å². The lowest BCUT2D eigenvalue weighted by molar-refractivity contribution is -0.137. The minimum Gasteiger partial charge on any atom is -0.350 e. The van der Waals surface area contributed by atoms with Crippen molar-refractivity contribution in [1.82, 2.24) is 10.2 Å². The van der Waals surface area contributed by atoms with Crippen LogP contribution in [-0.2, 0) is 38.9 Å². The van der Waals surface area contributed by atoms with Crippen molar-refractivity contribution >= 4 is 27.5 Å². The zero-order chi connectivity index (χ0) is 28.2. The molecule has 0 radical (unpaired) electrons. The summed E-state index contributed by atoms with van der Waals surface area (Å²) in [7, 11) is -4.36. The Kier molecular flexibility index (Phi) is 8.29. The van der Waals surface area contributed by atoms with E-state index in [1.807, 2.05) is 12.1 Å². The fourth-order valence-corrected chi connectivity index (χ4v) is 5.64. The van der Waals surface area contributed by atoms with Crippen LogP contribution in [0.5, 0.6) is 0 Å². The zero-order valence-electron chi connectivity index (χ0n) is 21.2. The number of hydrogen-bond donors (Lipinski definition) is 1. The Hall–Kier alpha value is -3.86. The van der Waals surface area contributed by atoms with Crippen LogP contribution in [0.15, 0.2) is 77.7 Å². The molecular weight excluding hydrogens is 531 g/mol. The molecular formula is C28H28F3N3O4S. The Morgan fingerprint density at radius 1 is 1.00 bits per heavy atom. The van der Waals surface area contributed by atoms with Crippen molar-refractivity contribution < 1.29 is 31.2 Å². The first-order valence-corrected chi connectivity index (χ1v) is 13.8. The number of aryl methyl sites for hydroxylation is 1. The molecule has 7 nitrogen and oxygen atoms in total. The maximum atomic E-state index is 13.5. The molecule has 2 amide bonds. The van der Waals surface area contributed by atoms with Crippen LogP contribution < -0.4 is 9.62 Å². The predicted molar refractivity (Wildman–Crippen MR) is 140 cm³/mol. The van der Waals surface area contributed by atoms with Crippen molar-refractivity contribution in [1.29, 1.82) is 0 Å². The second-order valence-corrected chi connectivity index (χ2v) is 11.2. The number of anilines is 1. The molecule has 0 atom stereocenters. The predicted octanol–water partition coefficient (Wildman–Crippen LogP) is 4.65. The van der Waals surface area contributed by atoms with Gasteiger partial charge in [-0.25, -0.2) is 8.42 Å². The van der Waals surface area contributed by atoms with Gasteiger partial charge < -0.3 is 10.2 Å². The van der Waals surface area contributed by atoms with E-state index in [-0.39, 0.29) is 23.0 Å². The number of rotatable bonds is 9. The Bertz CT molecular complexity index is 1440. The van der Waals surface area contributed by atoms with Gasteiger partial charge in [-0.1, -0.05) is 48.0 Å². The van der Waals surface area contributed by atoms with Gasteiger partial charge in [0.15, 0.2) is 0 Å². The molecule has 1 aliphatic rings. The summed E-state index contributed by atoms with van der Waals surface area (Å²) in [6.45, 7) is 2.38. The SMILES string of the molecule is Cc1ccc(S(=O)(=O)N(CC(=O)NCc2ccc(CN3CCCC3=O)cc2)c2cccc(C(F)(F)F)c2)cc1. The van der Waals surface area contributed by atoms with Crippen LogP contribution in [0.3, 0.4) is 0 Å². The minimum absolute atomic E-state index is 0.0861. The standard InChI is InChI=1S/C28H28F3N3O4S/c1-20-7-13-25(14-8-20)39(37,38)34(24-5-2-4-23(16-24)28(29,30)31)19-26(35)32-17-21-9-11-22(12-10-21)18-33-15-3-6-27(33)36/h2,4-5,7-14,16H,3,6,15,17-19H2,1H3,(H,32,35). The van der Waals surface area contributed by atoms with E-state index in [1.54, 1.807) is 36.1 Å². The maximum absolute atomic E-state index is 13.5. The molecule has 1 saturated heterocycles. The normalized spacial score (nSPS) is 13.9. The van der Waals surface area contributed by atoms with E-state index in [2.05, 4.69) is 5.32 Å². The van der Waals surface area contributed by atoms with Crippen molar-refractivity contribution in [3.63, 3.8) is 0 Å². The van der Waals surface area contributed by atoms with E-state index in [0.717, 1.165) is 41.8 Å². The summed E-state index contributed by atoms with van der Waals surface area (Å²) in [5.41, 5.74) is 1.18. The average molecular weight is 560 g/mol. The Morgan fingerprint density at radius 2 is 1.67 bits per heavy atom. The van der Waals surface area contributed by atoms with Gasteiger partial charge in [0.1, 0.15) is 6.54 Å². The topological polar surface area (TPSA) is 86.8 Å². The van der Waals surface area contributed by atoms with E-state index < -0.39 is 34.2 Å². The number of carbonyl (C=O) groups excluding carboxylic acids is 2. The summed E-state index contributed by atoms with van der Waals surface area (Å²) in [4.78, 5) is 26.3. The Morgan fingerprint density at radius 3 is 2.28 bits per heavy atom. The Labute approximate surface area is 225 Å². The van der Waals surface area contributed by atoms with Gasteiger partial charge in [0.2, 0.25) is 11.8 Å². The first-order valence-electron chi connectivity index (χ1n) is 12.3. The van der Waals surface area contributed by atoms with Crippen molar-refractivity contribution in [2.45, 2.75) is 43.9 Å². The number of nitrogens with one attached hydrogen (secondary N) is 1. The second kappa shape index (κ2) is 11.5. The number of alkyl halides is 3. The molecule has 1 aliphatic heterocycles. The van der Waals surface area contributed by atoms with E-state index in [9.17, 15) is 31.2 Å². The number of benzene rings is 3. The number of likely N-dealkylation sites (tertiary alicyclic amines) is 1. The molecule has 1 fully saturated rings. The molecule has 0 spiro atoms. The molecule has 0 unspecified atom stereocenters. The molecule has 1 heterocycles. The fraction of sp³-hybridized carbons (Fsp3) is 0.286. The zero-order valence-corrected chi connectivity index (χ0v) is 22.1. The lowest BCUT2D eigenvalue weighted by atomic mass is 10.1. The molecule has 0 aliphatic carbocycles. The van der Waals surface area contributed by atoms with Crippen molar-refractivity contribution in [2.24, 2.45) is 0 Å². The number of hydrogen-bond acceptors (Lipinski definition) is 4. The van der Waals surface area contributed by atoms with Crippen molar-refractivity contribution in [3.8, 4) is 0 Å². The van der Waals surface area contributed by atoms with Crippen LogP contribution in [0.4, 0.5) is 18.9 Å². The second-order valence-electron chi connectivity index (χ2n) is 9.38. The fourth-order valence-electron chi connectivity index (χ4n) is 4.23. The number of amides is 2. The van der Waals surface area contributed by atoms with Crippen LogP contribution >= 0.6 is 0 Å². The summed E-state index contributed by atoms with van der Waals surface area (Å²) in [6, 6.07) is 17.0. The van der Waals surface area contributed by atoms with Crippen LogP contribution in [0.1, 0.15) is 35.1 Å². The molecule has 3 aromatic rings. The van der Waals surface area contributed by atoms with Gasteiger partial charge in [0, 0.05) is 26.1 Å². The van der Waals surface area contributed by atoms with Crippen LogP contribution in [-0.4, -0.2) is 38.2 Å². The highest BCUT2D eigenvalue weighted by Gasteiger charge is 2.33. The third kappa shape index (κ3) is 6.97. The summed E-state index contributed by atoms with van der Waals surface area (Å²) >= 11 is 0. The van der Waals surface area contributed by atoms with Gasteiger partial charge in [-0.05, 0) is 54.8 Å². The number of sulfonamides is 1. The summed E-state index contributed by atoms with van der Waals surface area (Å²) in [5, 5.41) is 2.64. The maximum Gasteiger partial charge on any atom is 0.416 e. The quantitative estimate of drug-likeness (QED) is 0.414.